The third kappa shape index (κ3) is 1.83. The average molecular weight is 207 g/mol. The molecular weight excluding hydrogens is 202 g/mol. The molecule has 7 heteroatoms. The Labute approximate surface area is 83.5 Å². The van der Waals surface area contributed by atoms with Crippen molar-refractivity contribution in [1.82, 2.24) is 0 Å². The number of carboxylic acid groups (broad SMARTS) is 1. The van der Waals surface area contributed by atoms with Crippen molar-refractivity contribution in [1.29, 1.82) is 5.26 Å². The van der Waals surface area contributed by atoms with E-state index in [2.05, 4.69) is 0 Å². The highest BCUT2D eigenvalue weighted by molar-refractivity contribution is 5.94. The predicted molar refractivity (Wildman–Crippen MR) is 49.2 cm³/mol. The minimum Gasteiger partial charge on any atom is -0.477 e. The number of benzene rings is 1. The molecule has 0 amide bonds. The number of nitro benzene ring substituents is 1. The van der Waals surface area contributed by atoms with E-state index in [0.717, 1.165) is 12.1 Å². The molecule has 0 aliphatic heterocycles. The lowest BCUT2D eigenvalue weighted by Crippen LogP contribution is -2.05. The van der Waals surface area contributed by atoms with Crippen LogP contribution < -0.4 is 5.73 Å². The largest absolute Gasteiger partial charge is 0.477 e. The minimum atomic E-state index is -1.47. The number of hydrogen-bond acceptors (Lipinski definition) is 5. The van der Waals surface area contributed by atoms with Crippen molar-refractivity contribution in [2.24, 2.45) is 0 Å². The van der Waals surface area contributed by atoms with Crippen LogP contribution in [0, 0.1) is 21.4 Å². The van der Waals surface area contributed by atoms with Gasteiger partial charge in [0, 0.05) is 6.07 Å². The van der Waals surface area contributed by atoms with E-state index in [9.17, 15) is 14.9 Å². The normalized spacial score (nSPS) is 9.27. The van der Waals surface area contributed by atoms with E-state index in [1.807, 2.05) is 0 Å². The van der Waals surface area contributed by atoms with E-state index >= 15 is 0 Å². The van der Waals surface area contributed by atoms with Crippen molar-refractivity contribution in [2.75, 3.05) is 5.73 Å². The summed E-state index contributed by atoms with van der Waals surface area (Å²) >= 11 is 0. The van der Waals surface area contributed by atoms with Crippen molar-refractivity contribution in [3.8, 4) is 6.07 Å². The number of carboxylic acids is 1. The Balaban J connectivity index is 3.54. The highest BCUT2D eigenvalue weighted by Crippen LogP contribution is 2.24. The zero-order valence-electron chi connectivity index (χ0n) is 7.30. The third-order valence-corrected chi connectivity index (χ3v) is 1.72. The number of hydrogen-bond donors (Lipinski definition) is 2. The van der Waals surface area contributed by atoms with Crippen molar-refractivity contribution in [2.45, 2.75) is 0 Å². The maximum absolute atomic E-state index is 10.7. The summed E-state index contributed by atoms with van der Waals surface area (Å²) in [5.41, 5.74) is 3.93. The van der Waals surface area contributed by atoms with E-state index in [-0.39, 0.29) is 11.3 Å². The predicted octanol–water partition coefficient (Wildman–Crippen LogP) is 0.747. The summed E-state index contributed by atoms with van der Waals surface area (Å²) in [5, 5.41) is 27.7. The minimum absolute atomic E-state index is 0.0991. The van der Waals surface area contributed by atoms with Crippen LogP contribution in [0.5, 0.6) is 0 Å². The summed E-state index contributed by atoms with van der Waals surface area (Å²) in [6, 6.07) is 3.39. The lowest BCUT2D eigenvalue weighted by molar-refractivity contribution is -0.385. The van der Waals surface area contributed by atoms with E-state index in [1.54, 1.807) is 6.07 Å². The fourth-order valence-electron chi connectivity index (χ4n) is 1.02. The van der Waals surface area contributed by atoms with Gasteiger partial charge in [-0.05, 0) is 6.07 Å². The molecule has 0 bridgehead atoms. The Hall–Kier alpha value is -2.62. The van der Waals surface area contributed by atoms with E-state index < -0.39 is 22.1 Å². The number of nitriles is 1. The number of nitrogens with zero attached hydrogens (tertiary/aromatic N) is 2. The molecule has 0 aliphatic carbocycles. The third-order valence-electron chi connectivity index (χ3n) is 1.72. The molecular formula is C8H5N3O4. The van der Waals surface area contributed by atoms with Gasteiger partial charge in [0.1, 0.15) is 11.6 Å². The van der Waals surface area contributed by atoms with Crippen LogP contribution in [-0.4, -0.2) is 16.0 Å². The number of rotatable bonds is 2. The zero-order chi connectivity index (χ0) is 11.6. The molecule has 0 spiro atoms. The highest BCUT2D eigenvalue weighted by atomic mass is 16.6. The molecule has 7 nitrogen and oxygen atoms in total. The molecule has 0 unspecified atom stereocenters. The van der Waals surface area contributed by atoms with Crippen LogP contribution >= 0.6 is 0 Å². The first-order valence-electron chi connectivity index (χ1n) is 3.68. The SMILES string of the molecule is N#Cc1cc(C(=O)O)c([N+](=O)[O-])cc1N. The summed E-state index contributed by atoms with van der Waals surface area (Å²) in [4.78, 5) is 20.3. The summed E-state index contributed by atoms with van der Waals surface area (Å²) in [7, 11) is 0. The van der Waals surface area contributed by atoms with Crippen LogP contribution in [0.25, 0.3) is 0 Å². The Bertz CT molecular complexity index is 489. The molecule has 3 N–H and O–H groups in total. The van der Waals surface area contributed by atoms with Crippen LogP contribution in [0.4, 0.5) is 11.4 Å². The Morgan fingerprint density at radius 1 is 1.60 bits per heavy atom. The molecule has 0 heterocycles. The second kappa shape index (κ2) is 3.63. The van der Waals surface area contributed by atoms with E-state index in [4.69, 9.17) is 16.1 Å². The fourth-order valence-corrected chi connectivity index (χ4v) is 1.02. The first-order chi connectivity index (χ1) is 6.97. The van der Waals surface area contributed by atoms with Gasteiger partial charge in [-0.1, -0.05) is 0 Å². The van der Waals surface area contributed by atoms with Gasteiger partial charge < -0.3 is 10.8 Å². The molecule has 1 aromatic rings. The molecule has 1 rings (SSSR count). The molecule has 0 radical (unpaired) electrons. The molecule has 0 atom stereocenters. The highest BCUT2D eigenvalue weighted by Gasteiger charge is 2.21. The molecule has 0 aromatic heterocycles. The van der Waals surface area contributed by atoms with Gasteiger partial charge in [-0.2, -0.15) is 5.26 Å². The van der Waals surface area contributed by atoms with Crippen molar-refractivity contribution < 1.29 is 14.8 Å². The lowest BCUT2D eigenvalue weighted by atomic mass is 10.1. The van der Waals surface area contributed by atoms with Gasteiger partial charge in [0.25, 0.3) is 5.69 Å². The Kier molecular flexibility index (Phi) is 2.53. The summed E-state index contributed by atoms with van der Waals surface area (Å²) in [5.74, 6) is -1.47. The molecule has 1 aromatic carbocycles. The van der Waals surface area contributed by atoms with Crippen LogP contribution in [0.2, 0.25) is 0 Å². The summed E-state index contributed by atoms with van der Waals surface area (Å²) in [6.07, 6.45) is 0. The van der Waals surface area contributed by atoms with Gasteiger partial charge in [0.15, 0.2) is 0 Å². The van der Waals surface area contributed by atoms with Crippen LogP contribution in [-0.2, 0) is 0 Å². The topological polar surface area (TPSA) is 130 Å². The lowest BCUT2D eigenvalue weighted by Gasteiger charge is -2.01. The van der Waals surface area contributed by atoms with Crippen LogP contribution in [0.3, 0.4) is 0 Å². The molecule has 0 saturated carbocycles. The Morgan fingerprint density at radius 3 is 2.60 bits per heavy atom. The second-order valence-corrected chi connectivity index (χ2v) is 2.63. The van der Waals surface area contributed by atoms with E-state index in [0.29, 0.717) is 0 Å². The standard InChI is InChI=1S/C8H5N3O4/c9-3-4-1-5(8(12)13)7(11(14)15)2-6(4)10/h1-2H,10H2,(H,12,13). The molecule has 0 aliphatic rings. The van der Waals surface area contributed by atoms with Crippen LogP contribution in [0.1, 0.15) is 15.9 Å². The van der Waals surface area contributed by atoms with E-state index in [1.165, 1.54) is 0 Å². The first-order valence-corrected chi connectivity index (χ1v) is 3.68. The first kappa shape index (κ1) is 10.5. The van der Waals surface area contributed by atoms with Crippen LogP contribution in [0.15, 0.2) is 12.1 Å². The van der Waals surface area contributed by atoms with Gasteiger partial charge in [0.2, 0.25) is 0 Å². The number of carbonyl (C=O) groups is 1. The van der Waals surface area contributed by atoms with Gasteiger partial charge in [0.05, 0.1) is 16.2 Å². The molecule has 15 heavy (non-hydrogen) atoms. The molecule has 0 fully saturated rings. The maximum atomic E-state index is 10.7. The average Bonchev–Trinajstić information content (AvgIpc) is 2.16. The van der Waals surface area contributed by atoms with Gasteiger partial charge in [-0.3, -0.25) is 10.1 Å². The number of aromatic carboxylic acids is 1. The molecule has 0 saturated heterocycles. The second-order valence-electron chi connectivity index (χ2n) is 2.63. The summed E-state index contributed by atoms with van der Waals surface area (Å²) in [6.45, 7) is 0. The fraction of sp³-hybridized carbons (Fsp3) is 0. The van der Waals surface area contributed by atoms with Crippen molar-refractivity contribution in [3.63, 3.8) is 0 Å². The molecule has 76 valence electrons. The van der Waals surface area contributed by atoms with Gasteiger partial charge in [-0.15, -0.1) is 0 Å². The summed E-state index contributed by atoms with van der Waals surface area (Å²) < 4.78 is 0. The van der Waals surface area contributed by atoms with Gasteiger partial charge >= 0.3 is 5.97 Å². The number of nitrogens with two attached hydrogens (primary N) is 1. The number of nitro groups is 1. The quantitative estimate of drug-likeness (QED) is 0.418. The smallest absolute Gasteiger partial charge is 0.342 e. The van der Waals surface area contributed by atoms with Crippen molar-refractivity contribution in [3.05, 3.63) is 33.4 Å². The zero-order valence-corrected chi connectivity index (χ0v) is 7.30. The monoisotopic (exact) mass is 207 g/mol. The Morgan fingerprint density at radius 2 is 2.20 bits per heavy atom. The maximum Gasteiger partial charge on any atom is 0.342 e. The van der Waals surface area contributed by atoms with Crippen molar-refractivity contribution >= 4 is 17.3 Å². The van der Waals surface area contributed by atoms with Gasteiger partial charge in [-0.25, -0.2) is 4.79 Å². The number of anilines is 1. The number of nitrogen functional groups attached to an aromatic ring is 1.